The van der Waals surface area contributed by atoms with Crippen LogP contribution in [0.15, 0.2) is 30.6 Å². The van der Waals surface area contributed by atoms with Crippen LogP contribution in [0.3, 0.4) is 0 Å². The number of benzene rings is 1. The predicted molar refractivity (Wildman–Crippen MR) is 95.3 cm³/mol. The third kappa shape index (κ3) is 4.05. The highest BCUT2D eigenvalue weighted by Gasteiger charge is 2.27. The van der Waals surface area contributed by atoms with Crippen LogP contribution in [0, 0.1) is 5.92 Å². The number of ether oxygens (including phenoxy) is 2. The second-order valence-corrected chi connectivity index (χ2v) is 6.15. The monoisotopic (exact) mass is 344 g/mol. The molecule has 1 aliphatic rings. The Bertz CT molecular complexity index is 715. The minimum atomic E-state index is -0.422. The number of fused-ring (bicyclic) bond motifs is 1. The maximum absolute atomic E-state index is 12.5. The van der Waals surface area contributed by atoms with Gasteiger partial charge in [-0.1, -0.05) is 12.1 Å². The van der Waals surface area contributed by atoms with Crippen molar-refractivity contribution in [2.24, 2.45) is 5.92 Å². The molecular formula is C18H24N4O3. The molecule has 1 N–H and O–H groups in total. The van der Waals surface area contributed by atoms with Gasteiger partial charge in [-0.2, -0.15) is 0 Å². The quantitative estimate of drug-likeness (QED) is 0.802. The van der Waals surface area contributed by atoms with Crippen LogP contribution < -0.4 is 10.2 Å². The second-order valence-electron chi connectivity index (χ2n) is 6.15. The Balaban J connectivity index is 1.69. The summed E-state index contributed by atoms with van der Waals surface area (Å²) in [6.07, 6.45) is 2.99. The third-order valence-electron chi connectivity index (χ3n) is 4.58. The molecule has 2 heterocycles. The molecule has 0 bridgehead atoms. The number of nitrogens with one attached hydrogen (secondary N) is 1. The highest BCUT2D eigenvalue weighted by Crippen LogP contribution is 2.27. The molecule has 1 aliphatic heterocycles. The van der Waals surface area contributed by atoms with Crippen LogP contribution in [0.25, 0.3) is 10.9 Å². The Kier molecular flexibility index (Phi) is 5.78. The summed E-state index contributed by atoms with van der Waals surface area (Å²) in [5, 5.41) is 3.93. The van der Waals surface area contributed by atoms with Crippen LogP contribution in [0.1, 0.15) is 12.8 Å². The summed E-state index contributed by atoms with van der Waals surface area (Å²) in [5.74, 6) is 0.855. The van der Waals surface area contributed by atoms with Crippen molar-refractivity contribution >= 4 is 22.6 Å². The lowest BCUT2D eigenvalue weighted by molar-refractivity contribution is -0.131. The number of amides is 1. The molecule has 1 aromatic heterocycles. The minimum Gasteiger partial charge on any atom is -0.355 e. The molecule has 1 fully saturated rings. The first kappa shape index (κ1) is 17.6. The van der Waals surface area contributed by atoms with Crippen molar-refractivity contribution in [3.05, 3.63) is 30.6 Å². The van der Waals surface area contributed by atoms with E-state index in [2.05, 4.69) is 20.2 Å². The zero-order valence-electron chi connectivity index (χ0n) is 14.6. The largest absolute Gasteiger partial charge is 0.355 e. The molecule has 1 unspecified atom stereocenters. The van der Waals surface area contributed by atoms with E-state index < -0.39 is 6.29 Å². The fraction of sp³-hybridized carbons (Fsp3) is 0.500. The fourth-order valence-corrected chi connectivity index (χ4v) is 3.22. The highest BCUT2D eigenvalue weighted by molar-refractivity contribution is 5.89. The molecule has 0 aliphatic carbocycles. The van der Waals surface area contributed by atoms with E-state index in [1.807, 2.05) is 24.3 Å². The van der Waals surface area contributed by atoms with Gasteiger partial charge in [0.25, 0.3) is 0 Å². The topological polar surface area (TPSA) is 76.6 Å². The second kappa shape index (κ2) is 8.22. The Labute approximate surface area is 147 Å². The molecule has 7 heteroatoms. The van der Waals surface area contributed by atoms with Crippen molar-refractivity contribution in [2.75, 3.05) is 38.8 Å². The van der Waals surface area contributed by atoms with Gasteiger partial charge in [0.2, 0.25) is 5.91 Å². The first-order chi connectivity index (χ1) is 12.2. The van der Waals surface area contributed by atoms with Crippen molar-refractivity contribution in [2.45, 2.75) is 19.1 Å². The lowest BCUT2D eigenvalue weighted by atomic mass is 9.97. The number of methoxy groups -OCH3 is 2. The summed E-state index contributed by atoms with van der Waals surface area (Å²) in [6, 6.07) is 7.95. The van der Waals surface area contributed by atoms with Crippen molar-refractivity contribution in [3.63, 3.8) is 0 Å². The van der Waals surface area contributed by atoms with Gasteiger partial charge in [0.05, 0.1) is 18.0 Å². The van der Waals surface area contributed by atoms with Gasteiger partial charge in [-0.3, -0.25) is 4.79 Å². The van der Waals surface area contributed by atoms with Gasteiger partial charge in [-0.05, 0) is 25.0 Å². The third-order valence-corrected chi connectivity index (χ3v) is 4.58. The van der Waals surface area contributed by atoms with Gasteiger partial charge in [0.15, 0.2) is 6.29 Å². The van der Waals surface area contributed by atoms with Gasteiger partial charge in [-0.25, -0.2) is 9.97 Å². The number of aromatic nitrogens is 2. The molecule has 0 spiro atoms. The van der Waals surface area contributed by atoms with E-state index in [9.17, 15) is 4.79 Å². The zero-order chi connectivity index (χ0) is 17.6. The van der Waals surface area contributed by atoms with Gasteiger partial charge in [0.1, 0.15) is 12.1 Å². The minimum absolute atomic E-state index is 0.0298. The first-order valence-corrected chi connectivity index (χ1v) is 8.51. The van der Waals surface area contributed by atoms with E-state index in [0.717, 1.165) is 36.1 Å². The van der Waals surface area contributed by atoms with E-state index >= 15 is 0 Å². The summed E-state index contributed by atoms with van der Waals surface area (Å²) in [6.45, 7) is 1.89. The van der Waals surface area contributed by atoms with E-state index in [1.165, 1.54) is 0 Å². The Morgan fingerprint density at radius 3 is 2.92 bits per heavy atom. The van der Waals surface area contributed by atoms with E-state index in [-0.39, 0.29) is 11.8 Å². The number of nitrogens with zero attached hydrogens (tertiary/aromatic N) is 3. The van der Waals surface area contributed by atoms with E-state index in [4.69, 9.17) is 9.47 Å². The summed E-state index contributed by atoms with van der Waals surface area (Å²) in [4.78, 5) is 23.5. The number of hydrogen-bond donors (Lipinski definition) is 1. The number of piperidine rings is 1. The standard InChI is InChI=1S/C18H24N4O3/c1-24-16(25-2)10-19-18(23)13-6-5-9-22(11-13)17-14-7-3-4-8-15(14)20-12-21-17/h3-4,7-8,12-13,16H,5-6,9-11H2,1-2H3,(H,19,23). The van der Waals surface area contributed by atoms with E-state index in [1.54, 1.807) is 20.5 Å². The number of hydrogen-bond acceptors (Lipinski definition) is 6. The maximum atomic E-state index is 12.5. The molecule has 1 saturated heterocycles. The van der Waals surface area contributed by atoms with Crippen LogP contribution in [0.5, 0.6) is 0 Å². The summed E-state index contributed by atoms with van der Waals surface area (Å²) in [7, 11) is 3.12. The molecule has 2 aromatic rings. The van der Waals surface area contributed by atoms with Gasteiger partial charge in [-0.15, -0.1) is 0 Å². The zero-order valence-corrected chi connectivity index (χ0v) is 14.6. The summed E-state index contributed by atoms with van der Waals surface area (Å²) in [5.41, 5.74) is 0.919. The normalized spacial score (nSPS) is 17.9. The molecule has 0 saturated carbocycles. The lowest BCUT2D eigenvalue weighted by Gasteiger charge is -2.33. The number of carbonyl (C=O) groups is 1. The summed E-state index contributed by atoms with van der Waals surface area (Å²) < 4.78 is 10.2. The number of anilines is 1. The van der Waals surface area contributed by atoms with Crippen molar-refractivity contribution < 1.29 is 14.3 Å². The van der Waals surface area contributed by atoms with Crippen LogP contribution in [-0.2, 0) is 14.3 Å². The number of carbonyl (C=O) groups excluding carboxylic acids is 1. The Morgan fingerprint density at radius 2 is 2.12 bits per heavy atom. The van der Waals surface area contributed by atoms with E-state index in [0.29, 0.717) is 13.1 Å². The molecule has 3 rings (SSSR count). The average Bonchev–Trinajstić information content (AvgIpc) is 2.68. The molecule has 25 heavy (non-hydrogen) atoms. The Morgan fingerprint density at radius 1 is 1.32 bits per heavy atom. The van der Waals surface area contributed by atoms with Crippen LogP contribution in [0.4, 0.5) is 5.82 Å². The molecule has 1 amide bonds. The molecule has 1 aromatic carbocycles. The first-order valence-electron chi connectivity index (χ1n) is 8.51. The number of para-hydroxylation sites is 1. The van der Waals surface area contributed by atoms with Crippen LogP contribution in [-0.4, -0.2) is 56.0 Å². The smallest absolute Gasteiger partial charge is 0.225 e. The van der Waals surface area contributed by atoms with Crippen molar-refractivity contribution in [3.8, 4) is 0 Å². The van der Waals surface area contributed by atoms with Crippen LogP contribution >= 0.6 is 0 Å². The van der Waals surface area contributed by atoms with Crippen molar-refractivity contribution in [1.29, 1.82) is 0 Å². The number of rotatable bonds is 6. The lowest BCUT2D eigenvalue weighted by Crippen LogP contribution is -2.45. The molecule has 1 atom stereocenters. The van der Waals surface area contributed by atoms with Gasteiger partial charge < -0.3 is 19.7 Å². The van der Waals surface area contributed by atoms with Crippen LogP contribution in [0.2, 0.25) is 0 Å². The maximum Gasteiger partial charge on any atom is 0.225 e. The molecule has 7 nitrogen and oxygen atoms in total. The Hall–Kier alpha value is -2.25. The van der Waals surface area contributed by atoms with Gasteiger partial charge >= 0.3 is 0 Å². The molecule has 0 radical (unpaired) electrons. The summed E-state index contributed by atoms with van der Waals surface area (Å²) >= 11 is 0. The SMILES string of the molecule is COC(CNC(=O)C1CCCN(c2ncnc3ccccc23)C1)OC. The fourth-order valence-electron chi connectivity index (χ4n) is 3.22. The molecule has 134 valence electrons. The highest BCUT2D eigenvalue weighted by atomic mass is 16.7. The average molecular weight is 344 g/mol. The predicted octanol–water partition coefficient (Wildman–Crippen LogP) is 1.58. The van der Waals surface area contributed by atoms with Crippen molar-refractivity contribution in [1.82, 2.24) is 15.3 Å². The van der Waals surface area contributed by atoms with Gasteiger partial charge in [0, 0.05) is 32.7 Å². The molecular weight excluding hydrogens is 320 g/mol.